The molecule has 0 saturated heterocycles. The molecule has 6 atom stereocenters. The third-order valence-corrected chi connectivity index (χ3v) is 22.3. The van der Waals surface area contributed by atoms with E-state index in [0.717, 1.165) is 18.3 Å². The number of allylic oxidation sites excluding steroid dienone is 2. The predicted molar refractivity (Wildman–Crippen MR) is 300 cm³/mol. The molecule has 5 aliphatic carbocycles. The highest BCUT2D eigenvalue weighted by Gasteiger charge is 2.84. The molecular weight excluding hydrogens is 925 g/mol. The van der Waals surface area contributed by atoms with E-state index < -0.39 is 0 Å². The average Bonchev–Trinajstić information content (AvgIpc) is 4.25. The lowest BCUT2D eigenvalue weighted by atomic mass is 9.30. The summed E-state index contributed by atoms with van der Waals surface area (Å²) >= 11 is 7.31. The van der Waals surface area contributed by atoms with Gasteiger partial charge in [-0.05, 0) is 226 Å². The number of aryl methyl sites for hydroxylation is 2. The van der Waals surface area contributed by atoms with Crippen molar-refractivity contribution in [3.8, 4) is 37.0 Å². The number of nitrogens with zero attached hydrogens (tertiary/aromatic N) is 2. The standard InChI is InChI=1S/C64H50N2S4/c1-38-27-44(15-21-52(38)65-54-17-11-40(58-7-3-23-67-58)29-48(54)49-30-41(12-18-55(49)65)59-8-4-24-68-59)62-34-46-33-47-35-63(36-62,64(46,47)37-62)45-16-22-53(39(2)28-45)66-56-19-13-42(60-9-5-25-69-60)31-50(56)51-32-43(14-20-57(51)66)61-10-6-26-70-61/h3-17,19-32,46-47,55H,18,33-37H2,1-2H3. The molecule has 5 aromatic heterocycles. The van der Waals surface area contributed by atoms with Crippen molar-refractivity contribution in [3.05, 3.63) is 206 Å². The highest BCUT2D eigenvalue weighted by Crippen LogP contribution is 2.89. The van der Waals surface area contributed by atoms with Gasteiger partial charge in [0.25, 0.3) is 0 Å². The van der Waals surface area contributed by atoms with E-state index in [4.69, 9.17) is 0 Å². The van der Waals surface area contributed by atoms with Crippen LogP contribution in [0.15, 0.2) is 173 Å². The van der Waals surface area contributed by atoms with Crippen LogP contribution in [0.4, 0.5) is 11.4 Å². The third kappa shape index (κ3) is 5.38. The fourth-order valence-electron chi connectivity index (χ4n) is 15.8. The molecule has 6 heterocycles. The van der Waals surface area contributed by atoms with Crippen LogP contribution in [0.25, 0.3) is 70.0 Å². The first-order valence-electron chi connectivity index (χ1n) is 25.2. The Kier molecular flexibility index (Phi) is 8.45. The first-order valence-corrected chi connectivity index (χ1v) is 28.7. The maximum atomic E-state index is 2.69. The van der Waals surface area contributed by atoms with Gasteiger partial charge < -0.3 is 9.47 Å². The zero-order chi connectivity index (χ0) is 46.1. The molecule has 4 saturated carbocycles. The minimum Gasteiger partial charge on any atom is -0.333 e. The fourth-order valence-corrected chi connectivity index (χ4v) is 18.7. The first kappa shape index (κ1) is 40.7. The number of hydrogen-bond acceptors (Lipinski definition) is 5. The van der Waals surface area contributed by atoms with E-state index in [9.17, 15) is 0 Å². The Morgan fingerprint density at radius 3 is 1.73 bits per heavy atom. The van der Waals surface area contributed by atoms with Gasteiger partial charge >= 0.3 is 0 Å². The minimum absolute atomic E-state index is 0.228. The normalized spacial score (nSPS) is 25.7. The van der Waals surface area contributed by atoms with Crippen LogP contribution in [0.1, 0.15) is 71.2 Å². The van der Waals surface area contributed by atoms with Gasteiger partial charge in [-0.25, -0.2) is 0 Å². The lowest BCUT2D eigenvalue weighted by molar-refractivity contribution is -0.199. The number of fused-ring (bicyclic) bond motifs is 7. The van der Waals surface area contributed by atoms with E-state index in [1.807, 2.05) is 45.3 Å². The number of thiophene rings is 4. The molecule has 6 unspecified atom stereocenters. The monoisotopic (exact) mass is 974 g/mol. The Morgan fingerprint density at radius 1 is 0.529 bits per heavy atom. The second kappa shape index (κ2) is 14.5. The Balaban J connectivity index is 0.758. The van der Waals surface area contributed by atoms with Crippen LogP contribution in [0.5, 0.6) is 0 Å². The second-order valence-corrected chi connectivity index (χ2v) is 25.4. The van der Waals surface area contributed by atoms with E-state index in [1.165, 1.54) is 135 Å². The van der Waals surface area contributed by atoms with Crippen LogP contribution in [-0.2, 0) is 10.8 Å². The number of benzene rings is 5. The Labute approximate surface area is 425 Å². The van der Waals surface area contributed by atoms with E-state index in [1.54, 1.807) is 11.1 Å². The van der Waals surface area contributed by atoms with Gasteiger partial charge in [0.2, 0.25) is 0 Å². The molecule has 70 heavy (non-hydrogen) atoms. The van der Waals surface area contributed by atoms with E-state index in [-0.39, 0.29) is 16.9 Å². The molecular formula is C64H50N2S4. The fraction of sp³-hybridized carbons (Fsp3) is 0.219. The third-order valence-electron chi connectivity index (χ3n) is 18.6. The lowest BCUT2D eigenvalue weighted by Gasteiger charge is -2.73. The highest BCUT2D eigenvalue weighted by molar-refractivity contribution is 7.14. The molecule has 6 heteroatoms. The molecule has 0 amide bonds. The number of hydrogen-bond donors (Lipinski definition) is 0. The SMILES string of the molecule is Cc1cc(C23CC4CC5CC(c6ccc(-n7c8ccc(-c9cccs9)cc8c8cc(-c9cccs9)ccc87)c(C)c6)(C2)C45C3)ccc1N1c2ccc(-c3cccs3)cc2C2=CC(c3cccs3)=CCC21. The van der Waals surface area contributed by atoms with Crippen molar-refractivity contribution in [1.29, 1.82) is 0 Å². The van der Waals surface area contributed by atoms with Crippen LogP contribution in [-0.4, -0.2) is 10.6 Å². The zero-order valence-electron chi connectivity index (χ0n) is 39.2. The van der Waals surface area contributed by atoms with Crippen LogP contribution < -0.4 is 4.90 Å². The molecule has 0 radical (unpaired) electrons. The van der Waals surface area contributed by atoms with Crippen LogP contribution in [0.2, 0.25) is 0 Å². The van der Waals surface area contributed by atoms with Gasteiger partial charge in [-0.2, -0.15) is 0 Å². The number of rotatable bonds is 8. The molecule has 5 aromatic carbocycles. The number of aromatic nitrogens is 1. The van der Waals surface area contributed by atoms with Gasteiger partial charge in [0.1, 0.15) is 0 Å². The van der Waals surface area contributed by atoms with Gasteiger partial charge in [-0.15, -0.1) is 45.3 Å². The maximum Gasteiger partial charge on any atom is 0.0633 e. The van der Waals surface area contributed by atoms with Gasteiger partial charge in [0.05, 0.1) is 17.1 Å². The molecule has 2 nitrogen and oxygen atoms in total. The molecule has 10 aromatic rings. The topological polar surface area (TPSA) is 8.17 Å². The summed E-state index contributed by atoms with van der Waals surface area (Å²) < 4.78 is 2.56. The highest BCUT2D eigenvalue weighted by atomic mass is 32.1. The largest absolute Gasteiger partial charge is 0.333 e. The summed E-state index contributed by atoms with van der Waals surface area (Å²) in [5, 5.41) is 11.4. The van der Waals surface area contributed by atoms with E-state index >= 15 is 0 Å². The maximum absolute atomic E-state index is 2.69. The number of anilines is 2. The molecule has 4 fully saturated rings. The molecule has 16 rings (SSSR count). The van der Waals surface area contributed by atoms with Crippen molar-refractivity contribution in [3.63, 3.8) is 0 Å². The summed E-state index contributed by atoms with van der Waals surface area (Å²) in [6.07, 6.45) is 12.8. The summed E-state index contributed by atoms with van der Waals surface area (Å²) in [7, 11) is 0. The molecule has 0 N–H and O–H groups in total. The molecule has 1 spiro atoms. The van der Waals surface area contributed by atoms with Gasteiger partial charge in [-0.1, -0.05) is 72.8 Å². The van der Waals surface area contributed by atoms with Crippen molar-refractivity contribution in [2.75, 3.05) is 4.90 Å². The van der Waals surface area contributed by atoms with Crippen LogP contribution in [0.3, 0.4) is 0 Å². The van der Waals surface area contributed by atoms with Crippen molar-refractivity contribution in [1.82, 2.24) is 4.57 Å². The van der Waals surface area contributed by atoms with Gasteiger partial charge in [-0.3, -0.25) is 0 Å². The van der Waals surface area contributed by atoms with E-state index in [2.05, 4.69) is 197 Å². The van der Waals surface area contributed by atoms with Crippen LogP contribution >= 0.6 is 45.3 Å². The molecule has 6 aliphatic rings. The van der Waals surface area contributed by atoms with Gasteiger partial charge in [0.15, 0.2) is 0 Å². The summed E-state index contributed by atoms with van der Waals surface area (Å²) in [5.41, 5.74) is 21.6. The quantitative estimate of drug-likeness (QED) is 0.147. The van der Waals surface area contributed by atoms with Crippen molar-refractivity contribution in [2.24, 2.45) is 17.3 Å². The first-order chi connectivity index (χ1) is 34.4. The Hall–Kier alpha value is -6.02. The van der Waals surface area contributed by atoms with Crippen molar-refractivity contribution >= 4 is 89.7 Å². The van der Waals surface area contributed by atoms with Gasteiger partial charge in [0, 0.05) is 58.3 Å². The molecule has 340 valence electrons. The smallest absolute Gasteiger partial charge is 0.0633 e. The molecule has 1 aliphatic heterocycles. The van der Waals surface area contributed by atoms with Crippen molar-refractivity contribution in [2.45, 2.75) is 69.2 Å². The minimum atomic E-state index is 0.228. The summed E-state index contributed by atoms with van der Waals surface area (Å²) in [6, 6.07) is 54.9. The van der Waals surface area contributed by atoms with E-state index in [0.29, 0.717) is 5.41 Å². The Morgan fingerprint density at radius 2 is 1.10 bits per heavy atom. The summed E-state index contributed by atoms with van der Waals surface area (Å²) in [4.78, 5) is 8.02. The lowest BCUT2D eigenvalue weighted by Crippen LogP contribution is -2.69. The average molecular weight is 975 g/mol. The predicted octanol–water partition coefficient (Wildman–Crippen LogP) is 18.4. The zero-order valence-corrected chi connectivity index (χ0v) is 42.5. The second-order valence-electron chi connectivity index (χ2n) is 21.6. The summed E-state index contributed by atoms with van der Waals surface area (Å²) in [6.45, 7) is 4.79. The molecule has 2 bridgehead atoms. The Bertz CT molecular complexity index is 3750. The van der Waals surface area contributed by atoms with Crippen molar-refractivity contribution < 1.29 is 0 Å². The van der Waals surface area contributed by atoms with Crippen LogP contribution in [0, 0.1) is 31.1 Å². The summed E-state index contributed by atoms with van der Waals surface area (Å²) in [5.74, 6) is 1.70.